The van der Waals surface area contributed by atoms with Gasteiger partial charge in [0.1, 0.15) is 11.4 Å². The van der Waals surface area contributed by atoms with Gasteiger partial charge in [0, 0.05) is 31.7 Å². The third kappa shape index (κ3) is 4.33. The zero-order valence-electron chi connectivity index (χ0n) is 19.6. The predicted molar refractivity (Wildman–Crippen MR) is 131 cm³/mol. The van der Waals surface area contributed by atoms with E-state index in [2.05, 4.69) is 20.4 Å². The lowest BCUT2D eigenvalue weighted by molar-refractivity contribution is 0.102. The van der Waals surface area contributed by atoms with Crippen molar-refractivity contribution in [2.75, 3.05) is 37.0 Å². The largest absolute Gasteiger partial charge is 0.383 e. The van der Waals surface area contributed by atoms with Gasteiger partial charge in [-0.2, -0.15) is 14.9 Å². The summed E-state index contributed by atoms with van der Waals surface area (Å²) in [5.41, 5.74) is 0.736. The standard InChI is InChI=1S/C25H24F2N6O3/c1-36-14-13-32-21-9-7-19(23(16(21)15-28-32)31-11-2-3-12-31)29-25(35)20-8-10-22(34)33(30-20)24-17(26)5-4-6-18(24)27/h4-10,15H,2-3,11-14H2,1H3,(H,29,35). The first-order valence-corrected chi connectivity index (χ1v) is 11.6. The lowest BCUT2D eigenvalue weighted by Crippen LogP contribution is -2.27. The molecule has 5 rings (SSSR count). The van der Waals surface area contributed by atoms with Gasteiger partial charge in [-0.1, -0.05) is 6.07 Å². The van der Waals surface area contributed by atoms with Crippen molar-refractivity contribution in [1.29, 1.82) is 0 Å². The second kappa shape index (κ2) is 9.86. The van der Waals surface area contributed by atoms with Gasteiger partial charge in [0.05, 0.1) is 36.2 Å². The Balaban J connectivity index is 1.52. The van der Waals surface area contributed by atoms with Gasteiger partial charge in [-0.3, -0.25) is 14.3 Å². The number of nitrogens with zero attached hydrogens (tertiary/aromatic N) is 5. The molecule has 11 heteroatoms. The Hall–Kier alpha value is -4.12. The van der Waals surface area contributed by atoms with Crippen LogP contribution in [-0.2, 0) is 11.3 Å². The zero-order chi connectivity index (χ0) is 25.2. The molecule has 4 aromatic rings. The molecule has 2 aromatic carbocycles. The summed E-state index contributed by atoms with van der Waals surface area (Å²) in [5.74, 6) is -2.55. The van der Waals surface area contributed by atoms with Gasteiger partial charge in [0.2, 0.25) is 0 Å². The van der Waals surface area contributed by atoms with Gasteiger partial charge < -0.3 is 15.0 Å². The van der Waals surface area contributed by atoms with E-state index in [1.807, 2.05) is 10.7 Å². The van der Waals surface area contributed by atoms with Gasteiger partial charge >= 0.3 is 0 Å². The number of rotatable bonds is 7. The van der Waals surface area contributed by atoms with Crippen LogP contribution in [0.4, 0.5) is 20.2 Å². The molecule has 0 unspecified atom stereocenters. The summed E-state index contributed by atoms with van der Waals surface area (Å²) < 4.78 is 36.2. The van der Waals surface area contributed by atoms with E-state index >= 15 is 0 Å². The van der Waals surface area contributed by atoms with E-state index in [1.54, 1.807) is 19.4 Å². The van der Waals surface area contributed by atoms with E-state index in [4.69, 9.17) is 4.74 Å². The fourth-order valence-corrected chi connectivity index (χ4v) is 4.45. The number of benzene rings is 2. The number of methoxy groups -OCH3 is 1. The van der Waals surface area contributed by atoms with E-state index in [-0.39, 0.29) is 5.69 Å². The van der Waals surface area contributed by atoms with Gasteiger partial charge in [0.15, 0.2) is 11.6 Å². The quantitative estimate of drug-likeness (QED) is 0.424. The molecule has 0 aliphatic carbocycles. The number of aromatic nitrogens is 4. The number of nitrogens with one attached hydrogen (secondary N) is 1. The van der Waals surface area contributed by atoms with Crippen LogP contribution in [-0.4, -0.2) is 52.3 Å². The fraction of sp³-hybridized carbons (Fsp3) is 0.280. The molecular formula is C25H24F2N6O3. The minimum Gasteiger partial charge on any atom is -0.383 e. The fourth-order valence-electron chi connectivity index (χ4n) is 4.45. The van der Waals surface area contributed by atoms with Crippen LogP contribution in [0, 0.1) is 11.6 Å². The Kier molecular flexibility index (Phi) is 6.47. The molecule has 1 saturated heterocycles. The molecule has 0 spiro atoms. The maximum absolute atomic E-state index is 14.3. The normalized spacial score (nSPS) is 13.5. The molecule has 1 fully saturated rings. The van der Waals surface area contributed by atoms with Crippen LogP contribution in [0.2, 0.25) is 0 Å². The molecule has 36 heavy (non-hydrogen) atoms. The zero-order valence-corrected chi connectivity index (χ0v) is 19.6. The molecule has 1 aliphatic heterocycles. The van der Waals surface area contributed by atoms with E-state index < -0.39 is 28.8 Å². The Bertz CT molecular complexity index is 1470. The van der Waals surface area contributed by atoms with Crippen LogP contribution in [0.15, 0.2) is 53.5 Å². The second-order valence-electron chi connectivity index (χ2n) is 8.44. The van der Waals surface area contributed by atoms with Crippen LogP contribution in [0.1, 0.15) is 23.3 Å². The van der Waals surface area contributed by atoms with Crippen LogP contribution < -0.4 is 15.8 Å². The van der Waals surface area contributed by atoms with E-state index in [0.717, 1.165) is 60.7 Å². The highest BCUT2D eigenvalue weighted by atomic mass is 19.1. The Labute approximate surface area is 204 Å². The van der Waals surface area contributed by atoms with E-state index in [0.29, 0.717) is 23.5 Å². The topological polar surface area (TPSA) is 94.3 Å². The maximum Gasteiger partial charge on any atom is 0.276 e. The first-order chi connectivity index (χ1) is 17.5. The summed E-state index contributed by atoms with van der Waals surface area (Å²) in [6.45, 7) is 2.77. The summed E-state index contributed by atoms with van der Waals surface area (Å²) >= 11 is 0. The molecule has 1 N–H and O–H groups in total. The first kappa shape index (κ1) is 23.6. The van der Waals surface area contributed by atoms with Crippen molar-refractivity contribution in [3.63, 3.8) is 0 Å². The van der Waals surface area contributed by atoms with Gasteiger partial charge in [-0.05, 0) is 43.2 Å². The minimum absolute atomic E-state index is 0.166. The number of hydrogen-bond acceptors (Lipinski definition) is 6. The van der Waals surface area contributed by atoms with Crippen molar-refractivity contribution in [3.05, 3.63) is 76.3 Å². The van der Waals surface area contributed by atoms with Crippen LogP contribution in [0.25, 0.3) is 16.6 Å². The molecule has 186 valence electrons. The summed E-state index contributed by atoms with van der Waals surface area (Å²) in [5, 5.41) is 12.2. The van der Waals surface area contributed by atoms with Crippen molar-refractivity contribution < 1.29 is 18.3 Å². The number of hydrogen-bond donors (Lipinski definition) is 1. The number of ether oxygens (including phenoxy) is 1. The van der Waals surface area contributed by atoms with Crippen molar-refractivity contribution in [3.8, 4) is 5.69 Å². The van der Waals surface area contributed by atoms with Crippen molar-refractivity contribution >= 4 is 28.2 Å². The summed E-state index contributed by atoms with van der Waals surface area (Å²) in [4.78, 5) is 27.7. The number of carbonyl (C=O) groups is 1. The smallest absolute Gasteiger partial charge is 0.276 e. The Morgan fingerprint density at radius 2 is 1.81 bits per heavy atom. The summed E-state index contributed by atoms with van der Waals surface area (Å²) in [7, 11) is 1.63. The molecule has 2 aromatic heterocycles. The molecule has 1 aliphatic rings. The molecule has 0 atom stereocenters. The first-order valence-electron chi connectivity index (χ1n) is 11.6. The van der Waals surface area contributed by atoms with Crippen LogP contribution in [0.5, 0.6) is 0 Å². The third-order valence-electron chi connectivity index (χ3n) is 6.16. The highest BCUT2D eigenvalue weighted by Crippen LogP contribution is 2.37. The third-order valence-corrected chi connectivity index (χ3v) is 6.16. The van der Waals surface area contributed by atoms with Crippen LogP contribution in [0.3, 0.4) is 0 Å². The monoisotopic (exact) mass is 494 g/mol. The van der Waals surface area contributed by atoms with Crippen molar-refractivity contribution in [1.82, 2.24) is 19.6 Å². The second-order valence-corrected chi connectivity index (χ2v) is 8.44. The Morgan fingerprint density at radius 1 is 1.06 bits per heavy atom. The average molecular weight is 495 g/mol. The number of anilines is 2. The highest BCUT2D eigenvalue weighted by molar-refractivity contribution is 6.08. The van der Waals surface area contributed by atoms with Gasteiger partial charge in [-0.25, -0.2) is 8.78 Å². The molecule has 0 radical (unpaired) electrons. The van der Waals surface area contributed by atoms with Gasteiger partial charge in [0.25, 0.3) is 11.5 Å². The number of para-hydroxylation sites is 1. The Morgan fingerprint density at radius 3 is 2.53 bits per heavy atom. The van der Waals surface area contributed by atoms with E-state index in [9.17, 15) is 18.4 Å². The number of carbonyl (C=O) groups excluding carboxylic acids is 1. The lowest BCUT2D eigenvalue weighted by atomic mass is 10.1. The number of amides is 1. The minimum atomic E-state index is -0.964. The maximum atomic E-state index is 14.3. The van der Waals surface area contributed by atoms with Crippen molar-refractivity contribution in [2.24, 2.45) is 0 Å². The molecule has 1 amide bonds. The number of halogens is 2. The van der Waals surface area contributed by atoms with Crippen LogP contribution >= 0.6 is 0 Å². The molecule has 0 bridgehead atoms. The lowest BCUT2D eigenvalue weighted by Gasteiger charge is -2.23. The molecule has 3 heterocycles. The predicted octanol–water partition coefficient (Wildman–Crippen LogP) is 3.36. The summed E-state index contributed by atoms with van der Waals surface area (Å²) in [6, 6.07) is 9.17. The molecule has 0 saturated carbocycles. The molecule has 9 nitrogen and oxygen atoms in total. The SMILES string of the molecule is COCCn1ncc2c(N3CCCC3)c(NC(=O)c3ccc(=O)n(-c4c(F)cccc4F)n3)ccc21. The average Bonchev–Trinajstić information content (AvgIpc) is 3.54. The highest BCUT2D eigenvalue weighted by Gasteiger charge is 2.23. The number of fused-ring (bicyclic) bond motifs is 1. The van der Waals surface area contributed by atoms with E-state index in [1.165, 1.54) is 12.1 Å². The van der Waals surface area contributed by atoms with Crippen molar-refractivity contribution in [2.45, 2.75) is 19.4 Å². The molecular weight excluding hydrogens is 470 g/mol. The summed E-state index contributed by atoms with van der Waals surface area (Å²) in [6.07, 6.45) is 3.83. The van der Waals surface area contributed by atoms with Gasteiger partial charge in [-0.15, -0.1) is 0 Å².